The molecule has 0 saturated heterocycles. The van der Waals surface area contributed by atoms with E-state index < -0.39 is 21.0 Å². The second-order valence-corrected chi connectivity index (χ2v) is 9.69. The highest BCUT2D eigenvalue weighted by Gasteiger charge is 2.52. The van der Waals surface area contributed by atoms with Gasteiger partial charge in [-0.1, -0.05) is 48.8 Å². The summed E-state index contributed by atoms with van der Waals surface area (Å²) >= 11 is 3.41. The van der Waals surface area contributed by atoms with Crippen LogP contribution in [0.4, 0.5) is 0 Å². The number of rotatable bonds is 8. The number of methoxy groups -OCH3 is 2. The summed E-state index contributed by atoms with van der Waals surface area (Å²) in [4.78, 5) is -1.87. The largest absolute Gasteiger partial charge is 0.493 e. The normalized spacial score (nSPS) is 23.4. The molecule has 0 radical (unpaired) electrons. The van der Waals surface area contributed by atoms with Crippen LogP contribution in [0.1, 0.15) is 26.3 Å². The molecule has 1 N–H and O–H groups in total. The molecule has 156 valence electrons. The first-order valence-electron chi connectivity index (χ1n) is 8.94. The van der Waals surface area contributed by atoms with Crippen LogP contribution in [0, 0.1) is 17.8 Å². The summed E-state index contributed by atoms with van der Waals surface area (Å²) in [6, 6.07) is 5.20. The Morgan fingerprint density at radius 3 is 2.36 bits per heavy atom. The summed E-state index contributed by atoms with van der Waals surface area (Å²) in [5.74, 6) is 0.621. The number of allylic oxidation sites excluding steroid dienone is 2. The third-order valence-corrected chi connectivity index (χ3v) is 7.07. The van der Waals surface area contributed by atoms with Crippen LogP contribution < -0.4 is 9.47 Å². The average Bonchev–Trinajstić information content (AvgIpc) is 2.65. The van der Waals surface area contributed by atoms with E-state index in [1.165, 1.54) is 20.3 Å². The summed E-state index contributed by atoms with van der Waals surface area (Å²) in [7, 11) is -1.51. The van der Waals surface area contributed by atoms with E-state index in [1.54, 1.807) is 30.4 Å². The Labute approximate surface area is 175 Å². The fourth-order valence-corrected chi connectivity index (χ4v) is 4.72. The van der Waals surface area contributed by atoms with Crippen LogP contribution in [0.15, 0.2) is 40.9 Å². The van der Waals surface area contributed by atoms with Gasteiger partial charge in [-0.15, -0.1) is 0 Å². The van der Waals surface area contributed by atoms with Gasteiger partial charge in [0.05, 0.1) is 20.8 Å². The summed E-state index contributed by atoms with van der Waals surface area (Å²) in [6.07, 6.45) is 4.79. The fraction of sp³-hybridized carbons (Fsp3) is 0.500. The SMILES string of the molecule is COc1ccc(CO[C@]2(S(=O)(=O)O)C=CC(Br)=CC2C(C)C(C)C)cc1OC. The van der Waals surface area contributed by atoms with E-state index in [9.17, 15) is 13.0 Å². The average molecular weight is 475 g/mol. The Hall–Kier alpha value is -1.35. The Balaban J connectivity index is 2.42. The van der Waals surface area contributed by atoms with Gasteiger partial charge >= 0.3 is 0 Å². The van der Waals surface area contributed by atoms with Crippen molar-refractivity contribution in [2.75, 3.05) is 14.2 Å². The molecule has 1 aliphatic rings. The highest BCUT2D eigenvalue weighted by Crippen LogP contribution is 2.43. The molecule has 2 rings (SSSR count). The van der Waals surface area contributed by atoms with Gasteiger partial charge in [0.1, 0.15) is 0 Å². The lowest BCUT2D eigenvalue weighted by atomic mass is 9.79. The van der Waals surface area contributed by atoms with Gasteiger partial charge in [0, 0.05) is 10.4 Å². The molecule has 0 spiro atoms. The van der Waals surface area contributed by atoms with E-state index in [4.69, 9.17) is 14.2 Å². The minimum absolute atomic E-state index is 0.0305. The van der Waals surface area contributed by atoms with Gasteiger partial charge in [-0.25, -0.2) is 0 Å². The van der Waals surface area contributed by atoms with Crippen LogP contribution >= 0.6 is 15.9 Å². The van der Waals surface area contributed by atoms with Gasteiger partial charge in [0.2, 0.25) is 4.93 Å². The van der Waals surface area contributed by atoms with E-state index in [1.807, 2.05) is 20.8 Å². The van der Waals surface area contributed by atoms with Gasteiger partial charge < -0.3 is 14.2 Å². The number of hydrogen-bond donors (Lipinski definition) is 1. The van der Waals surface area contributed by atoms with Crippen LogP contribution in [-0.2, 0) is 21.5 Å². The van der Waals surface area contributed by atoms with Crippen molar-refractivity contribution in [1.82, 2.24) is 0 Å². The predicted octanol–water partition coefficient (Wildman–Crippen LogP) is 4.56. The molecule has 0 aliphatic heterocycles. The molecule has 2 unspecified atom stereocenters. The van der Waals surface area contributed by atoms with Gasteiger partial charge in [-0.2, -0.15) is 8.42 Å². The Bertz CT molecular complexity index is 861. The van der Waals surface area contributed by atoms with Crippen molar-refractivity contribution in [3.8, 4) is 11.5 Å². The van der Waals surface area contributed by atoms with E-state index in [-0.39, 0.29) is 18.4 Å². The summed E-state index contributed by atoms with van der Waals surface area (Å²) in [6.45, 7) is 5.93. The Morgan fingerprint density at radius 1 is 1.18 bits per heavy atom. The number of benzene rings is 1. The van der Waals surface area contributed by atoms with Gasteiger partial charge in [-0.05, 0) is 41.7 Å². The van der Waals surface area contributed by atoms with Crippen molar-refractivity contribution < 1.29 is 27.2 Å². The maximum absolute atomic E-state index is 12.5. The topological polar surface area (TPSA) is 82.1 Å². The minimum Gasteiger partial charge on any atom is -0.493 e. The van der Waals surface area contributed by atoms with E-state index in [0.717, 1.165) is 4.48 Å². The molecule has 0 heterocycles. The van der Waals surface area contributed by atoms with Crippen molar-refractivity contribution in [3.05, 3.63) is 46.5 Å². The molecule has 1 aromatic carbocycles. The van der Waals surface area contributed by atoms with E-state index in [0.29, 0.717) is 17.1 Å². The highest BCUT2D eigenvalue weighted by molar-refractivity contribution is 9.11. The molecule has 1 aliphatic carbocycles. The van der Waals surface area contributed by atoms with Crippen molar-refractivity contribution >= 4 is 26.0 Å². The van der Waals surface area contributed by atoms with Crippen LogP contribution in [0.3, 0.4) is 0 Å². The lowest BCUT2D eigenvalue weighted by molar-refractivity contribution is -0.0148. The third kappa shape index (κ3) is 4.62. The molecule has 0 bridgehead atoms. The molecule has 0 fully saturated rings. The number of halogens is 1. The number of hydrogen-bond acceptors (Lipinski definition) is 5. The molecular weight excluding hydrogens is 448 g/mol. The van der Waals surface area contributed by atoms with Gasteiger partial charge in [-0.3, -0.25) is 4.55 Å². The van der Waals surface area contributed by atoms with Crippen molar-refractivity contribution in [3.63, 3.8) is 0 Å². The molecule has 3 atom stereocenters. The highest BCUT2D eigenvalue weighted by atomic mass is 79.9. The predicted molar refractivity (Wildman–Crippen MR) is 112 cm³/mol. The summed E-state index contributed by atoms with van der Waals surface area (Å²) < 4.78 is 52.3. The second kappa shape index (κ2) is 8.98. The second-order valence-electron chi connectivity index (χ2n) is 7.19. The quantitative estimate of drug-likeness (QED) is 0.555. The molecule has 0 amide bonds. The summed E-state index contributed by atoms with van der Waals surface area (Å²) in [5, 5.41) is 0. The van der Waals surface area contributed by atoms with Crippen molar-refractivity contribution in [2.24, 2.45) is 17.8 Å². The monoisotopic (exact) mass is 474 g/mol. The molecule has 28 heavy (non-hydrogen) atoms. The maximum atomic E-state index is 12.5. The fourth-order valence-electron chi connectivity index (χ4n) is 3.23. The van der Waals surface area contributed by atoms with Crippen molar-refractivity contribution in [2.45, 2.75) is 32.3 Å². The van der Waals surface area contributed by atoms with E-state index in [2.05, 4.69) is 15.9 Å². The molecule has 6 nitrogen and oxygen atoms in total. The maximum Gasteiger partial charge on any atom is 0.299 e. The zero-order valence-corrected chi connectivity index (χ0v) is 19.1. The smallest absolute Gasteiger partial charge is 0.299 e. The van der Waals surface area contributed by atoms with Crippen LogP contribution in [0.5, 0.6) is 11.5 Å². The van der Waals surface area contributed by atoms with E-state index >= 15 is 0 Å². The first-order valence-corrected chi connectivity index (χ1v) is 11.2. The van der Waals surface area contributed by atoms with Gasteiger partial charge in [0.15, 0.2) is 11.5 Å². The number of ether oxygens (including phenoxy) is 3. The lowest BCUT2D eigenvalue weighted by Gasteiger charge is -2.40. The minimum atomic E-state index is -4.57. The van der Waals surface area contributed by atoms with Crippen molar-refractivity contribution in [1.29, 1.82) is 0 Å². The van der Waals surface area contributed by atoms with Gasteiger partial charge in [0.25, 0.3) is 10.1 Å². The standard InChI is InChI=1S/C20H27BrO6S/c1-13(2)14(3)17-11-16(21)8-9-20(17,28(22,23)24)27-12-15-6-7-18(25-4)19(10-15)26-5/h6-11,13-14,17H,12H2,1-5H3,(H,22,23,24)/t14?,17?,20-/m0/s1. The Morgan fingerprint density at radius 2 is 1.82 bits per heavy atom. The first-order chi connectivity index (χ1) is 13.1. The van der Waals surface area contributed by atoms with Crippen LogP contribution in [-0.4, -0.2) is 32.1 Å². The summed E-state index contributed by atoms with van der Waals surface area (Å²) in [5.41, 5.74) is 0.693. The van der Waals surface area contributed by atoms with Crippen LogP contribution in [0.2, 0.25) is 0 Å². The molecule has 8 heteroatoms. The Kier molecular flexibility index (Phi) is 7.36. The zero-order valence-electron chi connectivity index (χ0n) is 16.7. The molecular formula is C20H27BrO6S. The zero-order chi connectivity index (χ0) is 21.1. The molecule has 1 aromatic rings. The molecule has 0 aromatic heterocycles. The first kappa shape index (κ1) is 22.9. The van der Waals surface area contributed by atoms with Crippen LogP contribution in [0.25, 0.3) is 0 Å². The third-order valence-electron chi connectivity index (χ3n) is 5.21. The lowest BCUT2D eigenvalue weighted by Crippen LogP contribution is -2.49. The molecule has 0 saturated carbocycles.